The standard InChI is InChI=1S/C16H25NO3S/c1-20-11-9-17(8-10-18)16(19)15-12-13-6-4-2-3-5-7-14(13)21-15/h12,18H,2-11H2,1H3. The normalized spacial score (nSPS) is 15.1. The molecule has 4 nitrogen and oxygen atoms in total. The van der Waals surface area contributed by atoms with Crippen LogP contribution in [0, 0.1) is 0 Å². The summed E-state index contributed by atoms with van der Waals surface area (Å²) in [6.45, 7) is 1.38. The van der Waals surface area contributed by atoms with Crippen LogP contribution in [0.2, 0.25) is 0 Å². The Kier molecular flexibility index (Phi) is 6.67. The van der Waals surface area contributed by atoms with Gasteiger partial charge in [-0.05, 0) is 37.3 Å². The van der Waals surface area contributed by atoms with Crippen LogP contribution in [0.5, 0.6) is 0 Å². The van der Waals surface area contributed by atoms with E-state index in [1.165, 1.54) is 36.1 Å². The zero-order valence-corrected chi connectivity index (χ0v) is 13.6. The minimum Gasteiger partial charge on any atom is -0.395 e. The van der Waals surface area contributed by atoms with Gasteiger partial charge in [0.05, 0.1) is 18.1 Å². The van der Waals surface area contributed by atoms with Crippen LogP contribution in [0.25, 0.3) is 0 Å². The predicted octanol–water partition coefficient (Wildman–Crippen LogP) is 2.49. The molecule has 1 N–H and O–H groups in total. The number of rotatable bonds is 6. The van der Waals surface area contributed by atoms with Gasteiger partial charge in [-0.15, -0.1) is 11.3 Å². The maximum Gasteiger partial charge on any atom is 0.264 e. The van der Waals surface area contributed by atoms with Crippen molar-refractivity contribution in [1.29, 1.82) is 0 Å². The molecule has 0 aliphatic heterocycles. The van der Waals surface area contributed by atoms with Crippen molar-refractivity contribution in [3.05, 3.63) is 21.4 Å². The highest BCUT2D eigenvalue weighted by atomic mass is 32.1. The van der Waals surface area contributed by atoms with Gasteiger partial charge in [-0.25, -0.2) is 0 Å². The molecule has 1 heterocycles. The summed E-state index contributed by atoms with van der Waals surface area (Å²) in [5.74, 6) is 0.0258. The zero-order valence-electron chi connectivity index (χ0n) is 12.8. The summed E-state index contributed by atoms with van der Waals surface area (Å²) in [5, 5.41) is 9.14. The molecule has 21 heavy (non-hydrogen) atoms. The lowest BCUT2D eigenvalue weighted by Gasteiger charge is -2.20. The van der Waals surface area contributed by atoms with Crippen LogP contribution in [-0.4, -0.2) is 49.3 Å². The van der Waals surface area contributed by atoms with Gasteiger partial charge in [0.25, 0.3) is 5.91 Å². The molecule has 0 radical (unpaired) electrons. The predicted molar refractivity (Wildman–Crippen MR) is 85.1 cm³/mol. The summed E-state index contributed by atoms with van der Waals surface area (Å²) >= 11 is 1.64. The Morgan fingerprint density at radius 3 is 2.76 bits per heavy atom. The molecule has 0 fully saturated rings. The molecule has 1 amide bonds. The number of nitrogens with zero attached hydrogens (tertiary/aromatic N) is 1. The minimum atomic E-state index is -0.0133. The molecule has 0 unspecified atom stereocenters. The Morgan fingerprint density at radius 1 is 1.29 bits per heavy atom. The molecule has 1 aliphatic rings. The summed E-state index contributed by atoms with van der Waals surface area (Å²) in [6.07, 6.45) is 7.24. The third-order valence-corrected chi connectivity index (χ3v) is 5.15. The topological polar surface area (TPSA) is 49.8 Å². The third kappa shape index (κ3) is 4.53. The molecular formula is C16H25NO3S. The number of carbonyl (C=O) groups is 1. The largest absolute Gasteiger partial charge is 0.395 e. The Labute approximate surface area is 130 Å². The summed E-state index contributed by atoms with van der Waals surface area (Å²) in [4.78, 5) is 16.5. The van der Waals surface area contributed by atoms with E-state index in [0.29, 0.717) is 19.7 Å². The lowest BCUT2D eigenvalue weighted by molar-refractivity contribution is 0.0661. The quantitative estimate of drug-likeness (QED) is 0.878. The lowest BCUT2D eigenvalue weighted by atomic mass is 10.00. The van der Waals surface area contributed by atoms with E-state index < -0.39 is 0 Å². The van der Waals surface area contributed by atoms with Gasteiger partial charge in [0.15, 0.2) is 0 Å². The van der Waals surface area contributed by atoms with Crippen LogP contribution in [0.4, 0.5) is 0 Å². The van der Waals surface area contributed by atoms with Crippen LogP contribution in [-0.2, 0) is 17.6 Å². The van der Waals surface area contributed by atoms with Crippen LogP contribution >= 0.6 is 11.3 Å². The first kappa shape index (κ1) is 16.5. The second-order valence-electron chi connectivity index (χ2n) is 5.48. The molecule has 0 saturated carbocycles. The Balaban J connectivity index is 2.11. The first-order valence-corrected chi connectivity index (χ1v) is 8.58. The number of hydrogen-bond acceptors (Lipinski definition) is 4. The fraction of sp³-hybridized carbons (Fsp3) is 0.688. The molecule has 1 aromatic heterocycles. The fourth-order valence-corrected chi connectivity index (χ4v) is 3.96. The van der Waals surface area contributed by atoms with Gasteiger partial charge in [-0.1, -0.05) is 12.8 Å². The van der Waals surface area contributed by atoms with Gasteiger partial charge < -0.3 is 14.7 Å². The summed E-state index contributed by atoms with van der Waals surface area (Å²) in [6, 6.07) is 2.07. The van der Waals surface area contributed by atoms with E-state index >= 15 is 0 Å². The smallest absolute Gasteiger partial charge is 0.264 e. The van der Waals surface area contributed by atoms with E-state index in [9.17, 15) is 4.79 Å². The maximum atomic E-state index is 12.6. The molecule has 5 heteroatoms. The number of carbonyl (C=O) groups excluding carboxylic acids is 1. The molecule has 0 spiro atoms. The molecule has 2 rings (SSSR count). The van der Waals surface area contributed by atoms with Gasteiger partial charge in [-0.2, -0.15) is 0 Å². The first-order chi connectivity index (χ1) is 10.3. The van der Waals surface area contributed by atoms with Gasteiger partial charge in [0, 0.05) is 25.1 Å². The number of aliphatic hydroxyl groups excluding tert-OH is 1. The molecular weight excluding hydrogens is 286 g/mol. The number of thiophene rings is 1. The van der Waals surface area contributed by atoms with Crippen molar-refractivity contribution in [2.45, 2.75) is 38.5 Å². The number of methoxy groups -OCH3 is 1. The van der Waals surface area contributed by atoms with Gasteiger partial charge in [0.1, 0.15) is 0 Å². The van der Waals surface area contributed by atoms with Crippen LogP contribution in [0.15, 0.2) is 6.07 Å². The van der Waals surface area contributed by atoms with Crippen molar-refractivity contribution in [2.75, 3.05) is 33.4 Å². The highest BCUT2D eigenvalue weighted by molar-refractivity contribution is 7.14. The number of aryl methyl sites for hydroxylation is 2. The van der Waals surface area contributed by atoms with Crippen LogP contribution in [0.1, 0.15) is 45.8 Å². The van der Waals surface area contributed by atoms with Gasteiger partial charge in [0.2, 0.25) is 0 Å². The fourth-order valence-electron chi connectivity index (χ4n) is 2.74. The highest BCUT2D eigenvalue weighted by Gasteiger charge is 2.20. The van der Waals surface area contributed by atoms with Crippen molar-refractivity contribution in [1.82, 2.24) is 4.90 Å². The van der Waals surface area contributed by atoms with Gasteiger partial charge in [-0.3, -0.25) is 4.79 Å². The molecule has 1 aliphatic carbocycles. The molecule has 0 bridgehead atoms. The monoisotopic (exact) mass is 311 g/mol. The van der Waals surface area contributed by atoms with Crippen LogP contribution in [0.3, 0.4) is 0 Å². The van der Waals surface area contributed by atoms with E-state index in [0.717, 1.165) is 17.7 Å². The van der Waals surface area contributed by atoms with Crippen molar-refractivity contribution < 1.29 is 14.6 Å². The number of hydrogen-bond donors (Lipinski definition) is 1. The summed E-state index contributed by atoms with van der Waals surface area (Å²) < 4.78 is 5.05. The van der Waals surface area contributed by atoms with E-state index in [2.05, 4.69) is 6.07 Å². The average Bonchev–Trinajstić information content (AvgIpc) is 2.85. The first-order valence-electron chi connectivity index (χ1n) is 7.77. The lowest BCUT2D eigenvalue weighted by Crippen LogP contribution is -2.35. The molecule has 1 aromatic rings. The number of ether oxygens (including phenoxy) is 1. The van der Waals surface area contributed by atoms with Crippen molar-refractivity contribution in [2.24, 2.45) is 0 Å². The molecule has 0 atom stereocenters. The minimum absolute atomic E-state index is 0.0133. The zero-order chi connectivity index (χ0) is 15.1. The number of fused-ring (bicyclic) bond motifs is 1. The molecule has 118 valence electrons. The molecule has 0 saturated heterocycles. The Hall–Kier alpha value is -0.910. The second-order valence-corrected chi connectivity index (χ2v) is 6.62. The SMILES string of the molecule is COCCN(CCO)C(=O)c1cc2c(s1)CCCCCC2. The summed E-state index contributed by atoms with van der Waals surface area (Å²) in [5.41, 5.74) is 1.36. The van der Waals surface area contributed by atoms with Crippen LogP contribution < -0.4 is 0 Å². The highest BCUT2D eigenvalue weighted by Crippen LogP contribution is 2.29. The van der Waals surface area contributed by atoms with E-state index in [1.54, 1.807) is 23.3 Å². The summed E-state index contributed by atoms with van der Waals surface area (Å²) in [7, 11) is 1.62. The van der Waals surface area contributed by atoms with Crippen molar-refractivity contribution >= 4 is 17.2 Å². The maximum absolute atomic E-state index is 12.6. The number of amides is 1. The van der Waals surface area contributed by atoms with E-state index in [1.807, 2.05) is 0 Å². The van der Waals surface area contributed by atoms with E-state index in [4.69, 9.17) is 9.84 Å². The van der Waals surface area contributed by atoms with Crippen molar-refractivity contribution in [3.8, 4) is 0 Å². The average molecular weight is 311 g/mol. The Bertz CT molecular complexity index is 433. The Morgan fingerprint density at radius 2 is 2.05 bits per heavy atom. The van der Waals surface area contributed by atoms with E-state index in [-0.39, 0.29) is 12.5 Å². The number of aliphatic hydroxyl groups is 1. The second kappa shape index (κ2) is 8.51. The van der Waals surface area contributed by atoms with Crippen molar-refractivity contribution in [3.63, 3.8) is 0 Å². The van der Waals surface area contributed by atoms with Gasteiger partial charge >= 0.3 is 0 Å². The third-order valence-electron chi connectivity index (χ3n) is 3.93. The molecule has 0 aromatic carbocycles.